The van der Waals surface area contributed by atoms with Crippen LogP contribution in [0.15, 0.2) is 11.6 Å². The Hall–Kier alpha value is -0.740. The average molecular weight is 723 g/mol. The molecule has 0 bridgehead atoms. The molecule has 0 unspecified atom stereocenters. The summed E-state index contributed by atoms with van der Waals surface area (Å²) >= 11 is 0. The number of aliphatic hydroxyl groups excluding tert-OH is 6. The van der Waals surface area contributed by atoms with Gasteiger partial charge in [0.2, 0.25) is 0 Å². The van der Waals surface area contributed by atoms with E-state index in [1.54, 1.807) is 0 Å². The van der Waals surface area contributed by atoms with Crippen LogP contribution in [-0.2, 0) is 28.4 Å². The third-order valence-corrected chi connectivity index (χ3v) is 15.6. The molecule has 0 aromatic carbocycles. The molecular formula is C39H62O12. The van der Waals surface area contributed by atoms with Crippen LogP contribution in [0.25, 0.3) is 0 Å². The average Bonchev–Trinajstić information content (AvgIpc) is 3.56. The summed E-state index contributed by atoms with van der Waals surface area (Å²) in [6, 6.07) is 0. The lowest BCUT2D eigenvalue weighted by molar-refractivity contribution is -0.369. The quantitative estimate of drug-likeness (QED) is 0.229. The van der Waals surface area contributed by atoms with E-state index in [0.29, 0.717) is 41.9 Å². The van der Waals surface area contributed by atoms with Gasteiger partial charge < -0.3 is 59.1 Å². The van der Waals surface area contributed by atoms with E-state index >= 15 is 0 Å². The van der Waals surface area contributed by atoms with Gasteiger partial charge in [-0.25, -0.2) is 0 Å². The van der Waals surface area contributed by atoms with Gasteiger partial charge in [-0.15, -0.1) is 0 Å². The number of hydrogen-bond donors (Lipinski definition) is 6. The molecule has 3 saturated carbocycles. The second-order valence-corrected chi connectivity index (χ2v) is 18.3. The maximum absolute atomic E-state index is 11.1. The van der Waals surface area contributed by atoms with Gasteiger partial charge in [-0.1, -0.05) is 39.3 Å². The largest absolute Gasteiger partial charge is 0.394 e. The molecule has 7 fully saturated rings. The summed E-state index contributed by atoms with van der Waals surface area (Å²) in [5, 5.41) is 62.9. The summed E-state index contributed by atoms with van der Waals surface area (Å²) in [4.78, 5) is 0. The Morgan fingerprint density at radius 3 is 2.33 bits per heavy atom. The molecule has 290 valence electrons. The second-order valence-electron chi connectivity index (χ2n) is 18.3. The van der Waals surface area contributed by atoms with Crippen LogP contribution in [0.4, 0.5) is 0 Å². The molecule has 8 aliphatic rings. The zero-order valence-corrected chi connectivity index (χ0v) is 30.9. The normalized spacial score (nSPS) is 58.4. The molecule has 4 heterocycles. The minimum absolute atomic E-state index is 0.0535. The van der Waals surface area contributed by atoms with Gasteiger partial charge in [0.05, 0.1) is 31.5 Å². The maximum atomic E-state index is 11.1. The number of aliphatic hydroxyl groups is 6. The van der Waals surface area contributed by atoms with Crippen molar-refractivity contribution in [3.8, 4) is 0 Å². The summed E-state index contributed by atoms with van der Waals surface area (Å²) in [5.74, 6) is 2.92. The standard InChI is InChI=1S/C39H62O12/c1-18-8-13-39(46-17-18)19(2)28-26(51-39)15-25-23-7-6-21-14-22(9-11-37(21,4)24(23)10-12-38(25,28)5)48-36-34(32(44)30(42)27(16-40)49-36)50-35-33(45)31(43)29(41)20(3)47-35/h6,18-20,22-36,40-45H,7-17H2,1-5H3/t18-,19+,20+,22+,23-,24+,25+,26+,27-,28+,29+,30-,31-,32+,33-,34-,35+,36-,37+,38+,39-/m0/s1. The lowest BCUT2D eigenvalue weighted by Gasteiger charge is -2.58. The first kappa shape index (κ1) is 37.2. The summed E-state index contributed by atoms with van der Waals surface area (Å²) in [6.45, 7) is 11.5. The van der Waals surface area contributed by atoms with Gasteiger partial charge in [0.25, 0.3) is 0 Å². The van der Waals surface area contributed by atoms with E-state index in [0.717, 1.165) is 38.7 Å². The molecule has 21 atom stereocenters. The van der Waals surface area contributed by atoms with Gasteiger partial charge in [0, 0.05) is 12.3 Å². The van der Waals surface area contributed by atoms with Crippen molar-refractivity contribution < 1.29 is 59.1 Å². The van der Waals surface area contributed by atoms with E-state index in [9.17, 15) is 30.6 Å². The van der Waals surface area contributed by atoms with E-state index in [1.807, 2.05) is 0 Å². The Balaban J connectivity index is 0.964. The molecule has 12 heteroatoms. The molecule has 0 aromatic heterocycles. The Morgan fingerprint density at radius 1 is 0.824 bits per heavy atom. The van der Waals surface area contributed by atoms with Gasteiger partial charge in [0.15, 0.2) is 18.4 Å². The van der Waals surface area contributed by atoms with Crippen molar-refractivity contribution in [3.05, 3.63) is 11.6 Å². The number of hydrogen-bond acceptors (Lipinski definition) is 12. The van der Waals surface area contributed by atoms with Crippen molar-refractivity contribution in [2.24, 2.45) is 46.3 Å². The van der Waals surface area contributed by atoms with Crippen LogP contribution in [0.1, 0.15) is 92.4 Å². The van der Waals surface area contributed by atoms with Crippen LogP contribution in [0.5, 0.6) is 0 Å². The smallest absolute Gasteiger partial charge is 0.187 e. The molecule has 0 radical (unpaired) electrons. The Morgan fingerprint density at radius 2 is 1.61 bits per heavy atom. The van der Waals surface area contributed by atoms with Gasteiger partial charge >= 0.3 is 0 Å². The fourth-order valence-corrected chi connectivity index (χ4v) is 12.5. The Bertz CT molecular complexity index is 1300. The summed E-state index contributed by atoms with van der Waals surface area (Å²) in [5.41, 5.74) is 1.70. The first-order valence-corrected chi connectivity index (χ1v) is 19.8. The number of allylic oxidation sites excluding steroid dienone is 1. The zero-order valence-electron chi connectivity index (χ0n) is 30.9. The molecule has 51 heavy (non-hydrogen) atoms. The van der Waals surface area contributed by atoms with Crippen LogP contribution < -0.4 is 0 Å². The Kier molecular flexibility index (Phi) is 9.83. The van der Waals surface area contributed by atoms with Crippen molar-refractivity contribution in [2.45, 2.75) is 172 Å². The third-order valence-electron chi connectivity index (χ3n) is 15.6. The van der Waals surface area contributed by atoms with Crippen LogP contribution in [-0.4, -0.2) is 123 Å². The highest BCUT2D eigenvalue weighted by molar-refractivity contribution is 5.26. The fourth-order valence-electron chi connectivity index (χ4n) is 12.5. The lowest BCUT2D eigenvalue weighted by Crippen LogP contribution is -2.64. The van der Waals surface area contributed by atoms with Crippen molar-refractivity contribution in [1.82, 2.24) is 0 Å². The molecule has 6 N–H and O–H groups in total. The number of ether oxygens (including phenoxy) is 6. The zero-order chi connectivity index (χ0) is 36.2. The molecular weight excluding hydrogens is 660 g/mol. The topological polar surface area (TPSA) is 177 Å². The summed E-state index contributed by atoms with van der Waals surface area (Å²) in [7, 11) is 0. The fraction of sp³-hybridized carbons (Fsp3) is 0.949. The molecule has 4 saturated heterocycles. The van der Waals surface area contributed by atoms with Crippen LogP contribution in [0.3, 0.4) is 0 Å². The van der Waals surface area contributed by atoms with Gasteiger partial charge in [-0.3, -0.25) is 0 Å². The van der Waals surface area contributed by atoms with Crippen LogP contribution >= 0.6 is 0 Å². The van der Waals surface area contributed by atoms with Crippen molar-refractivity contribution >= 4 is 0 Å². The molecule has 4 aliphatic carbocycles. The minimum Gasteiger partial charge on any atom is -0.394 e. The third kappa shape index (κ3) is 5.84. The van der Waals surface area contributed by atoms with Gasteiger partial charge in [0.1, 0.15) is 42.7 Å². The maximum Gasteiger partial charge on any atom is 0.187 e. The van der Waals surface area contributed by atoms with E-state index in [-0.39, 0.29) is 23.0 Å². The van der Waals surface area contributed by atoms with Gasteiger partial charge in [-0.05, 0) is 98.7 Å². The minimum atomic E-state index is -1.61. The summed E-state index contributed by atoms with van der Waals surface area (Å²) < 4.78 is 37.6. The van der Waals surface area contributed by atoms with Gasteiger partial charge in [-0.2, -0.15) is 0 Å². The molecule has 8 rings (SSSR count). The monoisotopic (exact) mass is 722 g/mol. The van der Waals surface area contributed by atoms with Crippen molar-refractivity contribution in [3.63, 3.8) is 0 Å². The molecule has 0 aromatic rings. The molecule has 1 spiro atoms. The van der Waals surface area contributed by atoms with Crippen LogP contribution in [0, 0.1) is 46.3 Å². The molecule has 4 aliphatic heterocycles. The number of rotatable bonds is 5. The first-order chi connectivity index (χ1) is 24.2. The van der Waals surface area contributed by atoms with E-state index in [1.165, 1.54) is 31.8 Å². The Labute approximate surface area is 301 Å². The van der Waals surface area contributed by atoms with E-state index in [2.05, 4.69) is 33.8 Å². The summed E-state index contributed by atoms with van der Waals surface area (Å²) in [6.07, 6.45) is -1.68. The van der Waals surface area contributed by atoms with Crippen molar-refractivity contribution in [2.75, 3.05) is 13.2 Å². The predicted molar refractivity (Wildman–Crippen MR) is 182 cm³/mol. The van der Waals surface area contributed by atoms with E-state index < -0.39 is 73.8 Å². The lowest BCUT2D eigenvalue weighted by atomic mass is 9.47. The highest BCUT2D eigenvalue weighted by atomic mass is 16.8. The second kappa shape index (κ2) is 13.5. The van der Waals surface area contributed by atoms with E-state index in [4.69, 9.17) is 28.4 Å². The molecule has 12 nitrogen and oxygen atoms in total. The van der Waals surface area contributed by atoms with Crippen LogP contribution in [0.2, 0.25) is 0 Å². The van der Waals surface area contributed by atoms with Crippen molar-refractivity contribution in [1.29, 1.82) is 0 Å². The highest BCUT2D eigenvalue weighted by Gasteiger charge is 2.68. The highest BCUT2D eigenvalue weighted by Crippen LogP contribution is 2.70. The number of fused-ring (bicyclic) bond motifs is 7. The molecule has 0 amide bonds. The first-order valence-electron chi connectivity index (χ1n) is 19.8. The SMILES string of the molecule is C[C@H]1CC[C@]2(OC1)O[C@@H]1C[C@@H]3[C@H]4CC=C5C[C@H](O[C@H]6O[C@@H](CO)[C@H](O)[C@@H](O)[C@@H]6O[C@H]6O[C@H](C)[C@@H](O)[C@H](O)[C@@H]6O)CC[C@@]5(C)[C@@H]4CC[C@@]3(C)[C@@H]1[C@H]2C. The predicted octanol–water partition coefficient (Wildman–Crippen LogP) is 2.39.